The standard InChI is InChI=1S/C16H16N2/c17-9-1-3-12-11-5-6-14(15(12)7-9)16-8-10(18)2-4-13(11)16/h1-4,7-8,11,14H,5-6,17-18H2. The summed E-state index contributed by atoms with van der Waals surface area (Å²) in [6.45, 7) is 0. The highest BCUT2D eigenvalue weighted by Crippen LogP contribution is 2.53. The second kappa shape index (κ2) is 3.29. The first kappa shape index (κ1) is 10.0. The fourth-order valence-corrected chi connectivity index (χ4v) is 3.72. The van der Waals surface area contributed by atoms with Crippen LogP contribution in [0.3, 0.4) is 0 Å². The van der Waals surface area contributed by atoms with Gasteiger partial charge in [0.05, 0.1) is 0 Å². The van der Waals surface area contributed by atoms with Crippen molar-refractivity contribution in [3.8, 4) is 0 Å². The van der Waals surface area contributed by atoms with Gasteiger partial charge in [0.2, 0.25) is 0 Å². The van der Waals surface area contributed by atoms with E-state index in [1.165, 1.54) is 35.1 Å². The van der Waals surface area contributed by atoms with Crippen LogP contribution in [0.5, 0.6) is 0 Å². The largest absolute Gasteiger partial charge is 0.399 e. The molecule has 2 heteroatoms. The lowest BCUT2D eigenvalue weighted by Gasteiger charge is -2.40. The van der Waals surface area contributed by atoms with Gasteiger partial charge in [-0.1, -0.05) is 12.1 Å². The lowest BCUT2D eigenvalue weighted by atomic mass is 9.64. The lowest BCUT2D eigenvalue weighted by Crippen LogP contribution is -2.25. The molecule has 0 radical (unpaired) electrons. The van der Waals surface area contributed by atoms with Crippen LogP contribution in [-0.4, -0.2) is 0 Å². The Morgan fingerprint density at radius 3 is 1.61 bits per heavy atom. The summed E-state index contributed by atoms with van der Waals surface area (Å²) >= 11 is 0. The van der Waals surface area contributed by atoms with Gasteiger partial charge >= 0.3 is 0 Å². The van der Waals surface area contributed by atoms with Crippen LogP contribution in [0.15, 0.2) is 36.4 Å². The van der Waals surface area contributed by atoms with Gasteiger partial charge in [0, 0.05) is 23.2 Å². The van der Waals surface area contributed by atoms with Crippen molar-refractivity contribution < 1.29 is 0 Å². The summed E-state index contributed by atoms with van der Waals surface area (Å²) in [7, 11) is 0. The van der Waals surface area contributed by atoms with Crippen molar-refractivity contribution in [2.45, 2.75) is 24.7 Å². The molecule has 18 heavy (non-hydrogen) atoms. The van der Waals surface area contributed by atoms with E-state index in [1.54, 1.807) is 0 Å². The average molecular weight is 236 g/mol. The van der Waals surface area contributed by atoms with Crippen molar-refractivity contribution in [3.05, 3.63) is 58.7 Å². The fraction of sp³-hybridized carbons (Fsp3) is 0.250. The Morgan fingerprint density at radius 2 is 1.11 bits per heavy atom. The van der Waals surface area contributed by atoms with Crippen LogP contribution < -0.4 is 11.5 Å². The Balaban J connectivity index is 2.00. The summed E-state index contributed by atoms with van der Waals surface area (Å²) in [4.78, 5) is 0. The molecular formula is C16H16N2. The van der Waals surface area contributed by atoms with Crippen molar-refractivity contribution in [2.75, 3.05) is 11.5 Å². The molecule has 2 nitrogen and oxygen atoms in total. The number of nitrogen functional groups attached to an aromatic ring is 2. The molecule has 0 atom stereocenters. The van der Waals surface area contributed by atoms with Crippen molar-refractivity contribution in [1.29, 1.82) is 0 Å². The van der Waals surface area contributed by atoms with E-state index in [0.717, 1.165) is 11.4 Å². The smallest absolute Gasteiger partial charge is 0.0317 e. The molecule has 0 fully saturated rings. The van der Waals surface area contributed by atoms with Crippen LogP contribution in [0.1, 0.15) is 46.9 Å². The van der Waals surface area contributed by atoms with E-state index in [1.807, 2.05) is 12.1 Å². The second-order valence-electron chi connectivity index (χ2n) is 5.46. The zero-order valence-corrected chi connectivity index (χ0v) is 10.2. The van der Waals surface area contributed by atoms with Gasteiger partial charge < -0.3 is 11.5 Å². The summed E-state index contributed by atoms with van der Waals surface area (Å²) < 4.78 is 0. The Bertz CT molecular complexity index is 592. The van der Waals surface area contributed by atoms with Gasteiger partial charge in [0.1, 0.15) is 0 Å². The molecular weight excluding hydrogens is 220 g/mol. The van der Waals surface area contributed by atoms with Crippen LogP contribution in [0, 0.1) is 0 Å². The zero-order valence-electron chi connectivity index (χ0n) is 10.2. The van der Waals surface area contributed by atoms with Crippen molar-refractivity contribution >= 4 is 11.4 Å². The van der Waals surface area contributed by atoms with E-state index >= 15 is 0 Å². The topological polar surface area (TPSA) is 52.0 Å². The molecule has 0 saturated carbocycles. The number of nitrogens with two attached hydrogens (primary N) is 2. The third-order valence-electron chi connectivity index (χ3n) is 4.47. The monoisotopic (exact) mass is 236 g/mol. The predicted octanol–water partition coefficient (Wildman–Crippen LogP) is 3.22. The molecule has 5 rings (SSSR count). The maximum atomic E-state index is 5.94. The molecule has 0 unspecified atom stereocenters. The first-order valence-electron chi connectivity index (χ1n) is 6.52. The summed E-state index contributed by atoms with van der Waals surface area (Å²) in [6, 6.07) is 12.8. The van der Waals surface area contributed by atoms with E-state index in [-0.39, 0.29) is 0 Å². The van der Waals surface area contributed by atoms with E-state index in [2.05, 4.69) is 24.3 Å². The van der Waals surface area contributed by atoms with Gasteiger partial charge in [-0.2, -0.15) is 0 Å². The maximum absolute atomic E-state index is 5.94. The number of benzene rings is 2. The SMILES string of the molecule is Nc1ccc2c(c1)C1CCC2c2ccc(N)cc21. The first-order valence-corrected chi connectivity index (χ1v) is 6.52. The number of anilines is 2. The summed E-state index contributed by atoms with van der Waals surface area (Å²) in [5, 5.41) is 0. The third kappa shape index (κ3) is 1.18. The van der Waals surface area contributed by atoms with Crippen LogP contribution in [-0.2, 0) is 0 Å². The highest BCUT2D eigenvalue weighted by Gasteiger charge is 2.37. The van der Waals surface area contributed by atoms with Crippen molar-refractivity contribution in [1.82, 2.24) is 0 Å². The van der Waals surface area contributed by atoms with Crippen molar-refractivity contribution in [2.24, 2.45) is 0 Å². The Hall–Kier alpha value is -1.96. The molecule has 90 valence electrons. The summed E-state index contributed by atoms with van der Waals surface area (Å²) in [6.07, 6.45) is 2.47. The van der Waals surface area contributed by atoms with E-state index < -0.39 is 0 Å². The summed E-state index contributed by atoms with van der Waals surface area (Å²) in [5.74, 6) is 1.04. The van der Waals surface area contributed by atoms with Crippen molar-refractivity contribution in [3.63, 3.8) is 0 Å². The van der Waals surface area contributed by atoms with E-state index in [9.17, 15) is 0 Å². The quantitative estimate of drug-likeness (QED) is 0.690. The highest BCUT2D eigenvalue weighted by molar-refractivity contribution is 5.61. The Morgan fingerprint density at radius 1 is 0.667 bits per heavy atom. The minimum absolute atomic E-state index is 0.493. The molecule has 2 aromatic carbocycles. The molecule has 0 aliphatic heterocycles. The van der Waals surface area contributed by atoms with Gasteiger partial charge in [-0.3, -0.25) is 0 Å². The van der Waals surface area contributed by atoms with Gasteiger partial charge in [-0.25, -0.2) is 0 Å². The normalized spacial score (nSPS) is 23.6. The molecule has 2 bridgehead atoms. The Kier molecular flexibility index (Phi) is 1.83. The number of rotatable bonds is 0. The van der Waals surface area contributed by atoms with E-state index in [0.29, 0.717) is 11.8 Å². The van der Waals surface area contributed by atoms with Gasteiger partial charge in [-0.15, -0.1) is 0 Å². The molecule has 0 spiro atoms. The van der Waals surface area contributed by atoms with Crippen LogP contribution in [0.25, 0.3) is 0 Å². The Labute approximate surface area is 107 Å². The number of fused-ring (bicyclic) bond motifs is 1. The van der Waals surface area contributed by atoms with Gasteiger partial charge in [-0.05, 0) is 59.4 Å². The third-order valence-corrected chi connectivity index (χ3v) is 4.47. The number of hydrogen-bond acceptors (Lipinski definition) is 2. The van der Waals surface area contributed by atoms with Crippen LogP contribution >= 0.6 is 0 Å². The maximum Gasteiger partial charge on any atom is 0.0317 e. The fourth-order valence-electron chi connectivity index (χ4n) is 3.72. The van der Waals surface area contributed by atoms with Crippen LogP contribution in [0.2, 0.25) is 0 Å². The average Bonchev–Trinajstić information content (AvgIpc) is 2.38. The predicted molar refractivity (Wildman–Crippen MR) is 74.6 cm³/mol. The van der Waals surface area contributed by atoms with E-state index in [4.69, 9.17) is 11.5 Å². The first-order chi connectivity index (χ1) is 8.74. The molecule has 3 aliphatic rings. The molecule has 2 aromatic rings. The molecule has 0 saturated heterocycles. The minimum atomic E-state index is 0.493. The number of hydrogen-bond donors (Lipinski definition) is 2. The van der Waals surface area contributed by atoms with Gasteiger partial charge in [0.25, 0.3) is 0 Å². The zero-order chi connectivity index (χ0) is 12.3. The minimum Gasteiger partial charge on any atom is -0.399 e. The molecule has 0 amide bonds. The second-order valence-corrected chi connectivity index (χ2v) is 5.46. The lowest BCUT2D eigenvalue weighted by molar-refractivity contribution is 0.520. The van der Waals surface area contributed by atoms with Gasteiger partial charge in [0.15, 0.2) is 0 Å². The molecule has 0 aromatic heterocycles. The van der Waals surface area contributed by atoms with Crippen LogP contribution in [0.4, 0.5) is 11.4 Å². The molecule has 4 N–H and O–H groups in total. The molecule has 3 aliphatic carbocycles. The molecule has 0 heterocycles. The summed E-state index contributed by atoms with van der Waals surface area (Å²) in [5.41, 5.74) is 19.4. The highest BCUT2D eigenvalue weighted by atomic mass is 14.6.